The number of carbonyl (C=O) groups is 2. The average molecular weight is 679 g/mol. The van der Waals surface area contributed by atoms with Crippen LogP contribution in [0.15, 0.2) is 42.5 Å². The molecule has 2 aliphatic heterocycles. The second-order valence-corrected chi connectivity index (χ2v) is 14.9. The molecule has 262 valence electrons. The van der Waals surface area contributed by atoms with E-state index in [-0.39, 0.29) is 29.7 Å². The number of nitrogens with zero attached hydrogens (tertiary/aromatic N) is 1. The lowest BCUT2D eigenvalue weighted by Crippen LogP contribution is -2.45. The molecule has 7 N–H and O–H groups in total. The van der Waals surface area contributed by atoms with Crippen molar-refractivity contribution in [3.05, 3.63) is 64.2 Å². The van der Waals surface area contributed by atoms with Gasteiger partial charge in [-0.3, -0.25) is 15.5 Å². The van der Waals surface area contributed by atoms with E-state index in [2.05, 4.69) is 16.0 Å². The van der Waals surface area contributed by atoms with Gasteiger partial charge in [-0.15, -0.1) is 0 Å². The lowest BCUT2D eigenvalue weighted by Gasteiger charge is -2.39. The third-order valence-electron chi connectivity index (χ3n) is 11.1. The van der Waals surface area contributed by atoms with E-state index in [1.807, 2.05) is 42.2 Å². The molecule has 5 rings (SSSR count). The van der Waals surface area contributed by atoms with Crippen molar-refractivity contribution in [2.75, 3.05) is 31.9 Å². The Morgan fingerprint density at radius 1 is 1.02 bits per heavy atom. The highest BCUT2D eigenvalue weighted by atomic mass is 35.5. The van der Waals surface area contributed by atoms with Crippen molar-refractivity contribution in [3.8, 4) is 0 Å². The molecule has 2 aromatic rings. The number of urea groups is 1. The first-order valence-corrected chi connectivity index (χ1v) is 18.5. The molecular formula is C38H55ClN6O3. The highest BCUT2D eigenvalue weighted by Crippen LogP contribution is 2.34. The van der Waals surface area contributed by atoms with E-state index in [9.17, 15) is 14.7 Å². The van der Waals surface area contributed by atoms with Gasteiger partial charge in [0.1, 0.15) is 5.84 Å². The maximum absolute atomic E-state index is 14.0. The van der Waals surface area contributed by atoms with Gasteiger partial charge in [-0.2, -0.15) is 0 Å². The number of rotatable bonds is 11. The van der Waals surface area contributed by atoms with Crippen molar-refractivity contribution in [3.63, 3.8) is 0 Å². The summed E-state index contributed by atoms with van der Waals surface area (Å²) in [5.74, 6) is 1.85. The summed E-state index contributed by atoms with van der Waals surface area (Å²) < 4.78 is 0. The van der Waals surface area contributed by atoms with Crippen LogP contribution >= 0.6 is 11.6 Å². The normalized spacial score (nSPS) is 22.1. The summed E-state index contributed by atoms with van der Waals surface area (Å²) in [5.41, 5.74) is 9.24. The van der Waals surface area contributed by atoms with E-state index in [0.29, 0.717) is 47.4 Å². The summed E-state index contributed by atoms with van der Waals surface area (Å²) in [5, 5.41) is 29.1. The molecule has 3 amide bonds. The van der Waals surface area contributed by atoms with E-state index < -0.39 is 6.10 Å². The number of aryl methyl sites for hydroxylation is 1. The van der Waals surface area contributed by atoms with Gasteiger partial charge in [-0.25, -0.2) is 4.79 Å². The molecule has 2 aromatic carbocycles. The monoisotopic (exact) mass is 678 g/mol. The van der Waals surface area contributed by atoms with Gasteiger partial charge in [-0.05, 0) is 132 Å². The zero-order chi connectivity index (χ0) is 34.0. The van der Waals surface area contributed by atoms with Gasteiger partial charge in [0.15, 0.2) is 0 Å². The number of aliphatic hydroxyl groups excluding tert-OH is 1. The van der Waals surface area contributed by atoms with Crippen molar-refractivity contribution in [2.24, 2.45) is 23.7 Å². The van der Waals surface area contributed by atoms with Crippen LogP contribution in [0, 0.1) is 36.0 Å². The number of anilines is 1. The molecule has 0 spiro atoms. The molecule has 2 saturated heterocycles. The minimum atomic E-state index is -0.567. The third-order valence-corrected chi connectivity index (χ3v) is 11.4. The molecule has 48 heavy (non-hydrogen) atoms. The van der Waals surface area contributed by atoms with Crippen molar-refractivity contribution in [2.45, 2.75) is 96.1 Å². The van der Waals surface area contributed by atoms with E-state index in [1.54, 1.807) is 12.1 Å². The highest BCUT2D eigenvalue weighted by Gasteiger charge is 2.33. The van der Waals surface area contributed by atoms with Gasteiger partial charge in [0.25, 0.3) is 0 Å². The lowest BCUT2D eigenvalue weighted by molar-refractivity contribution is -0.138. The van der Waals surface area contributed by atoms with Crippen molar-refractivity contribution >= 4 is 35.1 Å². The number of amidine groups is 1. The quantitative estimate of drug-likeness (QED) is 0.0976. The molecule has 1 saturated carbocycles. The van der Waals surface area contributed by atoms with E-state index >= 15 is 0 Å². The number of likely N-dealkylation sites (tertiary alicyclic amines) is 1. The van der Waals surface area contributed by atoms with Crippen LogP contribution in [-0.4, -0.2) is 66.1 Å². The SMILES string of the molecule is Cc1cc(C[C@@H](CC(O)CCC2CCC(NC(=O)NC(=N)c3ccccc3)CC2)C(=O)N2CCC(C3CCNCC3)CC2)cc(Cl)c1N. The third kappa shape index (κ3) is 10.2. The predicted octanol–water partition coefficient (Wildman–Crippen LogP) is 6.04. The zero-order valence-corrected chi connectivity index (χ0v) is 29.2. The summed E-state index contributed by atoms with van der Waals surface area (Å²) in [6, 6.07) is 12.8. The smallest absolute Gasteiger partial charge is 0.320 e. The van der Waals surface area contributed by atoms with Gasteiger partial charge >= 0.3 is 6.03 Å². The maximum Gasteiger partial charge on any atom is 0.320 e. The molecule has 0 aromatic heterocycles. The van der Waals surface area contributed by atoms with Crippen LogP contribution in [0.4, 0.5) is 10.5 Å². The lowest BCUT2D eigenvalue weighted by atomic mass is 9.79. The molecule has 2 atom stereocenters. The zero-order valence-electron chi connectivity index (χ0n) is 28.5. The standard InChI is InChI=1S/C38H55ClN6O3/c1-25-21-27(23-34(39)35(25)40)22-31(37(47)45-19-15-29(16-20-45)28-13-17-42-18-14-28)24-33(46)12-9-26-7-10-32(11-8-26)43-38(48)44-36(41)30-5-3-2-4-6-30/h2-6,21,23,26,28-29,31-33,42,46H,7-20,22,24,40H2,1H3,(H3,41,43,44,48)/t26?,31-,32?,33?/m0/s1. The second-order valence-electron chi connectivity index (χ2n) is 14.5. The van der Waals surface area contributed by atoms with Crippen LogP contribution in [0.5, 0.6) is 0 Å². The second kappa shape index (κ2) is 17.5. The molecule has 9 nitrogen and oxygen atoms in total. The number of aliphatic hydroxyl groups is 1. The molecular weight excluding hydrogens is 624 g/mol. The van der Waals surface area contributed by atoms with Gasteiger partial charge in [-0.1, -0.05) is 48.0 Å². The van der Waals surface area contributed by atoms with E-state index in [1.165, 1.54) is 12.8 Å². The number of halogens is 1. The van der Waals surface area contributed by atoms with Crippen LogP contribution in [0.25, 0.3) is 0 Å². The Morgan fingerprint density at radius 2 is 1.69 bits per heavy atom. The predicted molar refractivity (Wildman–Crippen MR) is 193 cm³/mol. The summed E-state index contributed by atoms with van der Waals surface area (Å²) in [4.78, 5) is 28.6. The molecule has 10 heteroatoms. The van der Waals surface area contributed by atoms with E-state index in [4.69, 9.17) is 22.7 Å². The first-order valence-electron chi connectivity index (χ1n) is 18.1. The fourth-order valence-electron chi connectivity index (χ4n) is 8.15. The molecule has 3 aliphatic rings. The number of nitrogen functional groups attached to an aromatic ring is 1. The molecule has 3 fully saturated rings. The molecule has 2 heterocycles. The largest absolute Gasteiger partial charge is 0.397 e. The van der Waals surface area contributed by atoms with E-state index in [0.717, 1.165) is 88.2 Å². The molecule has 1 unspecified atom stereocenters. The van der Waals surface area contributed by atoms with Crippen molar-refractivity contribution < 1.29 is 14.7 Å². The van der Waals surface area contributed by atoms with Crippen LogP contribution in [0.1, 0.15) is 87.3 Å². The minimum Gasteiger partial charge on any atom is -0.397 e. The highest BCUT2D eigenvalue weighted by molar-refractivity contribution is 6.33. The fourth-order valence-corrected chi connectivity index (χ4v) is 8.44. The fraction of sp³-hybridized carbons (Fsp3) is 0.605. The molecule has 0 radical (unpaired) electrons. The summed E-state index contributed by atoms with van der Waals surface area (Å²) in [6.45, 7) is 5.73. The van der Waals surface area contributed by atoms with Crippen LogP contribution in [0.2, 0.25) is 5.02 Å². The first-order chi connectivity index (χ1) is 23.2. The van der Waals surface area contributed by atoms with Gasteiger partial charge in [0.05, 0.1) is 16.8 Å². The number of carbonyl (C=O) groups excluding carboxylic acids is 2. The summed E-state index contributed by atoms with van der Waals surface area (Å²) >= 11 is 6.44. The van der Waals surface area contributed by atoms with Crippen LogP contribution < -0.4 is 21.7 Å². The first kappa shape index (κ1) is 36.1. The topological polar surface area (TPSA) is 144 Å². The number of piperidine rings is 2. The van der Waals surface area contributed by atoms with Crippen LogP contribution in [0.3, 0.4) is 0 Å². The maximum atomic E-state index is 14.0. The summed E-state index contributed by atoms with van der Waals surface area (Å²) in [7, 11) is 0. The number of nitrogens with two attached hydrogens (primary N) is 1. The Balaban J connectivity index is 1.10. The number of hydrogen-bond acceptors (Lipinski definition) is 6. The Hall–Kier alpha value is -3.14. The van der Waals surface area contributed by atoms with Gasteiger partial charge in [0, 0.05) is 30.6 Å². The Kier molecular flexibility index (Phi) is 13.2. The van der Waals surface area contributed by atoms with Crippen LogP contribution in [-0.2, 0) is 11.2 Å². The Morgan fingerprint density at radius 3 is 2.35 bits per heavy atom. The number of benzene rings is 2. The summed E-state index contributed by atoms with van der Waals surface area (Å²) in [6.07, 6.45) is 10.2. The average Bonchev–Trinajstić information content (AvgIpc) is 3.10. The Labute approximate surface area is 291 Å². The minimum absolute atomic E-state index is 0.0749. The number of hydrogen-bond donors (Lipinski definition) is 6. The van der Waals surface area contributed by atoms with Gasteiger partial charge in [0.2, 0.25) is 5.91 Å². The van der Waals surface area contributed by atoms with Crippen molar-refractivity contribution in [1.29, 1.82) is 5.41 Å². The number of nitrogens with one attached hydrogen (secondary N) is 4. The molecule has 0 bridgehead atoms. The number of amides is 3. The molecule has 1 aliphatic carbocycles. The van der Waals surface area contributed by atoms with Gasteiger partial charge < -0.3 is 26.4 Å². The van der Waals surface area contributed by atoms with Crippen molar-refractivity contribution in [1.82, 2.24) is 20.9 Å². The Bertz CT molecular complexity index is 1340.